The van der Waals surface area contributed by atoms with Crippen molar-refractivity contribution in [3.63, 3.8) is 0 Å². The smallest absolute Gasteiger partial charge is 0.323 e. The summed E-state index contributed by atoms with van der Waals surface area (Å²) in [5, 5.41) is 12.6. The Hall–Kier alpha value is -1.65. The number of aliphatic hydroxyl groups is 1. The Bertz CT molecular complexity index is 520. The highest BCUT2D eigenvalue weighted by molar-refractivity contribution is 5.76. The zero-order chi connectivity index (χ0) is 17.6. The van der Waals surface area contributed by atoms with Gasteiger partial charge in [0.2, 0.25) is 0 Å². The normalized spacial score (nSPS) is 14.4. The van der Waals surface area contributed by atoms with Gasteiger partial charge in [0.25, 0.3) is 0 Å². The monoisotopic (exact) mass is 319 g/mol. The summed E-state index contributed by atoms with van der Waals surface area (Å²) < 4.78 is 4.93. The van der Waals surface area contributed by atoms with E-state index in [0.29, 0.717) is 0 Å². The highest BCUT2D eigenvalue weighted by atomic mass is 16.5. The molecule has 0 fully saturated rings. The Kier molecular flexibility index (Phi) is 6.98. The van der Waals surface area contributed by atoms with E-state index >= 15 is 0 Å². The van der Waals surface area contributed by atoms with Crippen LogP contribution in [0.25, 0.3) is 0 Å². The Balaban J connectivity index is 3.19. The van der Waals surface area contributed by atoms with Crippen LogP contribution in [0, 0.1) is 11.3 Å². The molecular weight excluding hydrogens is 290 g/mol. The summed E-state index contributed by atoms with van der Waals surface area (Å²) in [5.74, 6) is -0.167. The van der Waals surface area contributed by atoms with Crippen LogP contribution in [0.4, 0.5) is 0 Å². The summed E-state index contributed by atoms with van der Waals surface area (Å²) in [6.07, 6.45) is 1.89. The highest BCUT2D eigenvalue weighted by Crippen LogP contribution is 2.35. The summed E-state index contributed by atoms with van der Waals surface area (Å²) in [6, 6.07) is 7.24. The summed E-state index contributed by atoms with van der Waals surface area (Å²) in [7, 11) is 1.41. The molecule has 0 aliphatic carbocycles. The molecule has 0 radical (unpaired) electrons. The van der Waals surface area contributed by atoms with E-state index in [0.717, 1.165) is 11.1 Å². The molecule has 2 N–H and O–H groups in total. The molecule has 128 valence electrons. The molecule has 0 saturated carbocycles. The van der Waals surface area contributed by atoms with E-state index in [4.69, 9.17) is 4.74 Å². The Morgan fingerprint density at radius 2 is 1.91 bits per heavy atom. The number of esters is 1. The van der Waals surface area contributed by atoms with Gasteiger partial charge in [0.1, 0.15) is 6.04 Å². The fourth-order valence-corrected chi connectivity index (χ4v) is 2.51. The molecule has 1 aromatic carbocycles. The van der Waals surface area contributed by atoms with Crippen LogP contribution in [0.2, 0.25) is 0 Å². The summed E-state index contributed by atoms with van der Waals surface area (Å²) in [5.41, 5.74) is 1.64. The molecule has 0 aromatic heterocycles. The van der Waals surface area contributed by atoms with Crippen LogP contribution in [0.3, 0.4) is 0 Å². The van der Waals surface area contributed by atoms with E-state index in [9.17, 15) is 9.90 Å². The number of ether oxygens (including phenoxy) is 1. The lowest BCUT2D eigenvalue weighted by atomic mass is 9.79. The van der Waals surface area contributed by atoms with E-state index < -0.39 is 6.04 Å². The third-order valence-corrected chi connectivity index (χ3v) is 4.23. The molecule has 4 heteroatoms. The van der Waals surface area contributed by atoms with Crippen LogP contribution >= 0.6 is 0 Å². The fraction of sp³-hybridized carbons (Fsp3) is 0.526. The first-order valence-electron chi connectivity index (χ1n) is 7.94. The van der Waals surface area contributed by atoms with Crippen LogP contribution in [-0.4, -0.2) is 24.2 Å². The Morgan fingerprint density at radius 3 is 2.30 bits per heavy atom. The zero-order valence-electron chi connectivity index (χ0n) is 14.8. The molecule has 4 nitrogen and oxygen atoms in total. The number of nitrogens with one attached hydrogen (secondary N) is 1. The number of rotatable bonds is 8. The molecule has 1 rings (SSSR count). The molecule has 0 aliphatic heterocycles. The minimum absolute atomic E-state index is 0.0139. The summed E-state index contributed by atoms with van der Waals surface area (Å²) in [6.45, 7) is 12.1. The van der Waals surface area contributed by atoms with Crippen LogP contribution in [-0.2, 0) is 16.1 Å². The predicted octanol–water partition coefficient (Wildman–Crippen LogP) is 3.22. The fourth-order valence-electron chi connectivity index (χ4n) is 2.51. The topological polar surface area (TPSA) is 58.6 Å². The van der Waals surface area contributed by atoms with Gasteiger partial charge in [0, 0.05) is 11.5 Å². The van der Waals surface area contributed by atoms with E-state index in [-0.39, 0.29) is 30.0 Å². The third-order valence-electron chi connectivity index (χ3n) is 4.23. The van der Waals surface area contributed by atoms with Gasteiger partial charge in [-0.05, 0) is 17.0 Å². The van der Waals surface area contributed by atoms with Gasteiger partial charge >= 0.3 is 5.97 Å². The first kappa shape index (κ1) is 19.4. The molecule has 0 heterocycles. The van der Waals surface area contributed by atoms with Crippen molar-refractivity contribution in [2.75, 3.05) is 7.11 Å². The maximum absolute atomic E-state index is 12.1. The quantitative estimate of drug-likeness (QED) is 0.570. The van der Waals surface area contributed by atoms with Gasteiger partial charge < -0.3 is 9.84 Å². The largest absolute Gasteiger partial charge is 0.468 e. The average Bonchev–Trinajstić information content (AvgIpc) is 2.54. The van der Waals surface area contributed by atoms with Gasteiger partial charge in [-0.25, -0.2) is 0 Å². The van der Waals surface area contributed by atoms with E-state index in [1.54, 1.807) is 0 Å². The Morgan fingerprint density at radius 1 is 1.35 bits per heavy atom. The average molecular weight is 319 g/mol. The van der Waals surface area contributed by atoms with Gasteiger partial charge in [-0.3, -0.25) is 10.1 Å². The van der Waals surface area contributed by atoms with Gasteiger partial charge in [-0.1, -0.05) is 58.0 Å². The first-order valence-corrected chi connectivity index (χ1v) is 7.94. The molecule has 0 saturated heterocycles. The van der Waals surface area contributed by atoms with Gasteiger partial charge in [-0.2, -0.15) is 0 Å². The van der Waals surface area contributed by atoms with Crippen molar-refractivity contribution >= 4 is 5.97 Å². The molecule has 2 atom stereocenters. The predicted molar refractivity (Wildman–Crippen MR) is 92.9 cm³/mol. The molecule has 0 unspecified atom stereocenters. The molecular formula is C19H29NO3. The number of benzene rings is 1. The van der Waals surface area contributed by atoms with Gasteiger partial charge in [0.15, 0.2) is 0 Å². The van der Waals surface area contributed by atoms with Crippen molar-refractivity contribution in [2.24, 2.45) is 11.3 Å². The maximum Gasteiger partial charge on any atom is 0.323 e. The second-order valence-electron chi connectivity index (χ2n) is 6.77. The lowest BCUT2D eigenvalue weighted by Gasteiger charge is -2.36. The SMILES string of the molecule is C=CC(C)(C)[C@H](N[C@H](C(=O)OC)C(C)C)c1ccc(CO)cc1. The van der Waals surface area contributed by atoms with Crippen molar-refractivity contribution in [3.05, 3.63) is 48.0 Å². The molecule has 0 amide bonds. The first-order chi connectivity index (χ1) is 10.8. The van der Waals surface area contributed by atoms with Crippen LogP contribution in [0.15, 0.2) is 36.9 Å². The highest BCUT2D eigenvalue weighted by Gasteiger charge is 2.33. The third kappa shape index (κ3) is 4.91. The van der Waals surface area contributed by atoms with Crippen molar-refractivity contribution in [2.45, 2.75) is 46.4 Å². The number of hydrogen-bond acceptors (Lipinski definition) is 4. The number of aliphatic hydroxyl groups excluding tert-OH is 1. The zero-order valence-corrected chi connectivity index (χ0v) is 14.8. The number of carbonyl (C=O) groups excluding carboxylic acids is 1. The van der Waals surface area contributed by atoms with Gasteiger partial charge in [0.05, 0.1) is 13.7 Å². The molecule has 0 spiro atoms. The molecule has 0 bridgehead atoms. The number of methoxy groups -OCH3 is 1. The Labute approximate surface area is 139 Å². The van der Waals surface area contributed by atoms with Crippen LogP contribution in [0.1, 0.15) is 44.9 Å². The maximum atomic E-state index is 12.1. The van der Waals surface area contributed by atoms with E-state index in [1.807, 2.05) is 44.2 Å². The van der Waals surface area contributed by atoms with Crippen LogP contribution < -0.4 is 5.32 Å². The minimum Gasteiger partial charge on any atom is -0.468 e. The molecule has 23 heavy (non-hydrogen) atoms. The second-order valence-corrected chi connectivity index (χ2v) is 6.77. The number of hydrogen-bond donors (Lipinski definition) is 2. The molecule has 0 aliphatic rings. The van der Waals surface area contributed by atoms with Crippen LogP contribution in [0.5, 0.6) is 0 Å². The summed E-state index contributed by atoms with van der Waals surface area (Å²) in [4.78, 5) is 12.1. The van der Waals surface area contributed by atoms with E-state index in [2.05, 4.69) is 25.7 Å². The number of carbonyl (C=O) groups is 1. The van der Waals surface area contributed by atoms with Crippen molar-refractivity contribution in [1.29, 1.82) is 0 Å². The summed E-state index contributed by atoms with van der Waals surface area (Å²) >= 11 is 0. The lowest BCUT2D eigenvalue weighted by Crippen LogP contribution is -2.47. The second kappa shape index (κ2) is 8.27. The standard InChI is InChI=1S/C19H29NO3/c1-7-19(4,5)17(15-10-8-14(12-21)9-11-15)20-16(13(2)3)18(22)23-6/h7-11,13,16-17,20-21H,1,12H2,2-6H3/t16-,17+/m0/s1. The van der Waals surface area contributed by atoms with Gasteiger partial charge in [-0.15, -0.1) is 6.58 Å². The minimum atomic E-state index is -0.401. The lowest BCUT2D eigenvalue weighted by molar-refractivity contribution is -0.144. The van der Waals surface area contributed by atoms with Crippen molar-refractivity contribution in [3.8, 4) is 0 Å². The molecule has 1 aromatic rings. The van der Waals surface area contributed by atoms with Crippen molar-refractivity contribution in [1.82, 2.24) is 5.32 Å². The van der Waals surface area contributed by atoms with E-state index in [1.165, 1.54) is 7.11 Å². The van der Waals surface area contributed by atoms with Crippen molar-refractivity contribution < 1.29 is 14.6 Å².